The van der Waals surface area contributed by atoms with Crippen molar-refractivity contribution in [2.24, 2.45) is 0 Å². The van der Waals surface area contributed by atoms with Gasteiger partial charge in [0.05, 0.1) is 11.3 Å². The molecule has 0 spiro atoms. The molecule has 1 N–H and O–H groups in total. The van der Waals surface area contributed by atoms with Gasteiger partial charge in [-0.2, -0.15) is 5.26 Å². The van der Waals surface area contributed by atoms with E-state index >= 15 is 0 Å². The number of hydrogen-bond donors (Lipinski definition) is 1. The molecule has 1 aromatic rings. The average molecular weight is 319 g/mol. The third kappa shape index (κ3) is 4.85. The van der Waals surface area contributed by atoms with E-state index in [1.807, 2.05) is 26.8 Å². The van der Waals surface area contributed by atoms with Gasteiger partial charge < -0.3 is 15.0 Å². The number of nitriles is 1. The Morgan fingerprint density at radius 3 is 2.61 bits per heavy atom. The van der Waals surface area contributed by atoms with Gasteiger partial charge in [0.1, 0.15) is 17.5 Å². The number of nitrogens with zero attached hydrogens (tertiary/aromatic N) is 2. The van der Waals surface area contributed by atoms with Crippen LogP contribution in [0.3, 0.4) is 0 Å². The highest BCUT2D eigenvalue weighted by atomic mass is 19.1. The minimum Gasteiger partial charge on any atom is -0.444 e. The van der Waals surface area contributed by atoms with Gasteiger partial charge in [0.25, 0.3) is 0 Å². The highest BCUT2D eigenvalue weighted by molar-refractivity contribution is 5.68. The van der Waals surface area contributed by atoms with Crippen molar-refractivity contribution in [2.75, 3.05) is 18.4 Å². The molecule has 5 nitrogen and oxygen atoms in total. The number of halogens is 1. The fourth-order valence-electron chi connectivity index (χ4n) is 2.49. The summed E-state index contributed by atoms with van der Waals surface area (Å²) in [5, 5.41) is 12.3. The first-order valence-electron chi connectivity index (χ1n) is 7.72. The topological polar surface area (TPSA) is 65.4 Å². The van der Waals surface area contributed by atoms with Crippen LogP contribution >= 0.6 is 0 Å². The normalized spacial score (nSPS) is 15.9. The van der Waals surface area contributed by atoms with Crippen LogP contribution in [0.2, 0.25) is 0 Å². The summed E-state index contributed by atoms with van der Waals surface area (Å²) in [5.41, 5.74) is 0.423. The first-order chi connectivity index (χ1) is 10.8. The number of piperidine rings is 1. The predicted molar refractivity (Wildman–Crippen MR) is 85.6 cm³/mol. The zero-order valence-corrected chi connectivity index (χ0v) is 13.7. The molecule has 0 unspecified atom stereocenters. The average Bonchev–Trinajstić information content (AvgIpc) is 2.48. The Balaban J connectivity index is 1.91. The van der Waals surface area contributed by atoms with E-state index in [1.165, 1.54) is 12.1 Å². The minimum absolute atomic E-state index is 0.145. The van der Waals surface area contributed by atoms with Crippen LogP contribution in [-0.4, -0.2) is 35.7 Å². The molecule has 1 aliphatic heterocycles. The van der Waals surface area contributed by atoms with Gasteiger partial charge in [0.2, 0.25) is 0 Å². The Morgan fingerprint density at radius 2 is 2.04 bits per heavy atom. The van der Waals surface area contributed by atoms with E-state index in [1.54, 1.807) is 11.0 Å². The molecule has 1 heterocycles. The Labute approximate surface area is 136 Å². The van der Waals surface area contributed by atoms with Crippen molar-refractivity contribution >= 4 is 11.8 Å². The number of amides is 1. The number of hydrogen-bond acceptors (Lipinski definition) is 4. The van der Waals surface area contributed by atoms with Crippen molar-refractivity contribution < 1.29 is 13.9 Å². The molecular formula is C17H22FN3O2. The molecule has 1 aromatic carbocycles. The number of rotatable bonds is 2. The summed E-state index contributed by atoms with van der Waals surface area (Å²) < 4.78 is 18.5. The monoisotopic (exact) mass is 319 g/mol. The van der Waals surface area contributed by atoms with Crippen LogP contribution in [0.4, 0.5) is 14.9 Å². The minimum atomic E-state index is -0.498. The summed E-state index contributed by atoms with van der Waals surface area (Å²) >= 11 is 0. The van der Waals surface area contributed by atoms with E-state index < -0.39 is 11.4 Å². The van der Waals surface area contributed by atoms with Crippen LogP contribution in [0.15, 0.2) is 18.2 Å². The number of ether oxygens (including phenoxy) is 1. The largest absolute Gasteiger partial charge is 0.444 e. The number of benzene rings is 1. The van der Waals surface area contributed by atoms with Gasteiger partial charge in [-0.15, -0.1) is 0 Å². The van der Waals surface area contributed by atoms with Crippen molar-refractivity contribution in [1.82, 2.24) is 4.90 Å². The van der Waals surface area contributed by atoms with E-state index in [2.05, 4.69) is 5.32 Å². The molecule has 1 aliphatic rings. The zero-order valence-electron chi connectivity index (χ0n) is 13.7. The van der Waals surface area contributed by atoms with E-state index in [0.29, 0.717) is 24.3 Å². The van der Waals surface area contributed by atoms with Crippen molar-refractivity contribution in [2.45, 2.75) is 45.3 Å². The Morgan fingerprint density at radius 1 is 1.39 bits per heavy atom. The lowest BCUT2D eigenvalue weighted by atomic mass is 10.0. The highest BCUT2D eigenvalue weighted by Crippen LogP contribution is 2.22. The lowest BCUT2D eigenvalue weighted by Crippen LogP contribution is -2.44. The molecule has 0 aliphatic carbocycles. The van der Waals surface area contributed by atoms with Crippen LogP contribution < -0.4 is 5.32 Å². The fourth-order valence-corrected chi connectivity index (χ4v) is 2.49. The molecule has 1 saturated heterocycles. The van der Waals surface area contributed by atoms with Crippen molar-refractivity contribution in [3.63, 3.8) is 0 Å². The Hall–Kier alpha value is -2.29. The predicted octanol–water partition coefficient (Wildman–Crippen LogP) is 3.51. The number of carbonyl (C=O) groups excluding carboxylic acids is 1. The molecular weight excluding hydrogens is 297 g/mol. The van der Waals surface area contributed by atoms with Crippen LogP contribution in [0.25, 0.3) is 0 Å². The molecule has 0 radical (unpaired) electrons. The SMILES string of the molecule is CC(C)(C)OC(=O)N1CCC(Nc2ccc(F)cc2C#N)CC1. The van der Waals surface area contributed by atoms with E-state index in [4.69, 9.17) is 10.00 Å². The highest BCUT2D eigenvalue weighted by Gasteiger charge is 2.27. The molecule has 0 atom stereocenters. The third-order valence-electron chi connectivity index (χ3n) is 3.61. The second-order valence-corrected chi connectivity index (χ2v) is 6.69. The van der Waals surface area contributed by atoms with E-state index in [0.717, 1.165) is 12.8 Å². The number of nitrogens with one attached hydrogen (secondary N) is 1. The van der Waals surface area contributed by atoms with E-state index in [-0.39, 0.29) is 12.1 Å². The van der Waals surface area contributed by atoms with Gasteiger partial charge in [-0.05, 0) is 51.8 Å². The molecule has 23 heavy (non-hydrogen) atoms. The molecule has 6 heteroatoms. The van der Waals surface area contributed by atoms with Gasteiger partial charge in [-0.3, -0.25) is 0 Å². The summed E-state index contributed by atoms with van der Waals surface area (Å²) in [4.78, 5) is 13.7. The van der Waals surface area contributed by atoms with Gasteiger partial charge in [0, 0.05) is 19.1 Å². The first-order valence-corrected chi connectivity index (χ1v) is 7.72. The van der Waals surface area contributed by atoms with Gasteiger partial charge >= 0.3 is 6.09 Å². The lowest BCUT2D eigenvalue weighted by Gasteiger charge is -2.34. The standard InChI is InChI=1S/C17H22FN3O2/c1-17(2,3)23-16(22)21-8-6-14(7-9-21)20-15-5-4-13(18)10-12(15)11-19/h4-5,10,14,20H,6-9H2,1-3H3. The van der Waals surface area contributed by atoms with Crippen LogP contribution in [0.1, 0.15) is 39.2 Å². The third-order valence-corrected chi connectivity index (χ3v) is 3.61. The number of likely N-dealkylation sites (tertiary alicyclic amines) is 1. The zero-order chi connectivity index (χ0) is 17.0. The van der Waals surface area contributed by atoms with Crippen LogP contribution in [0.5, 0.6) is 0 Å². The van der Waals surface area contributed by atoms with E-state index in [9.17, 15) is 9.18 Å². The Bertz CT molecular complexity index is 611. The van der Waals surface area contributed by atoms with Crippen molar-refractivity contribution in [3.05, 3.63) is 29.6 Å². The molecule has 1 fully saturated rings. The second kappa shape index (κ2) is 6.86. The van der Waals surface area contributed by atoms with Gasteiger partial charge in [0.15, 0.2) is 0 Å². The molecule has 0 saturated carbocycles. The quantitative estimate of drug-likeness (QED) is 0.906. The van der Waals surface area contributed by atoms with Crippen LogP contribution in [0, 0.1) is 17.1 Å². The van der Waals surface area contributed by atoms with Gasteiger partial charge in [-0.1, -0.05) is 0 Å². The molecule has 0 aromatic heterocycles. The number of anilines is 1. The summed E-state index contributed by atoms with van der Waals surface area (Å²) in [6, 6.07) is 6.27. The van der Waals surface area contributed by atoms with Crippen LogP contribution in [-0.2, 0) is 4.74 Å². The first kappa shape index (κ1) is 17.1. The molecule has 0 bridgehead atoms. The molecule has 124 valence electrons. The number of carbonyl (C=O) groups is 1. The van der Waals surface area contributed by atoms with Crippen molar-refractivity contribution in [1.29, 1.82) is 5.26 Å². The Kier molecular flexibility index (Phi) is 5.09. The summed E-state index contributed by atoms with van der Waals surface area (Å²) in [7, 11) is 0. The lowest BCUT2D eigenvalue weighted by molar-refractivity contribution is 0.0210. The summed E-state index contributed by atoms with van der Waals surface area (Å²) in [6.07, 6.45) is 1.21. The maximum atomic E-state index is 13.2. The van der Waals surface area contributed by atoms with Crippen molar-refractivity contribution in [3.8, 4) is 6.07 Å². The summed E-state index contributed by atoms with van der Waals surface area (Å²) in [5.74, 6) is -0.424. The maximum Gasteiger partial charge on any atom is 0.410 e. The molecule has 2 rings (SSSR count). The maximum absolute atomic E-state index is 13.2. The van der Waals surface area contributed by atoms with Gasteiger partial charge in [-0.25, -0.2) is 9.18 Å². The second-order valence-electron chi connectivity index (χ2n) is 6.69. The molecule has 1 amide bonds. The fraction of sp³-hybridized carbons (Fsp3) is 0.529. The smallest absolute Gasteiger partial charge is 0.410 e. The summed E-state index contributed by atoms with van der Waals surface area (Å²) in [6.45, 7) is 6.72.